The first-order valence-corrected chi connectivity index (χ1v) is 4.98. The molecule has 0 aromatic carbocycles. The molecule has 0 N–H and O–H groups in total. The van der Waals surface area contributed by atoms with Gasteiger partial charge in [0, 0.05) is 14.2 Å². The van der Waals surface area contributed by atoms with Crippen LogP contribution in [-0.4, -0.2) is 33.0 Å². The van der Waals surface area contributed by atoms with E-state index in [4.69, 9.17) is 8.92 Å². The fourth-order valence-electron chi connectivity index (χ4n) is 0.446. The molecule has 0 aliphatic carbocycles. The Kier molecular flexibility index (Phi) is 4.35. The third kappa shape index (κ3) is 3.13. The Morgan fingerprint density at radius 2 is 2.00 bits per heavy atom. The van der Waals surface area contributed by atoms with Crippen molar-refractivity contribution < 1.29 is 8.92 Å². The normalized spacial score (nSPS) is 20.4. The molecule has 55 valence electrons. The van der Waals surface area contributed by atoms with E-state index in [0.29, 0.717) is 5.94 Å². The lowest BCUT2D eigenvalue weighted by Gasteiger charge is -2.31. The van der Waals surface area contributed by atoms with Crippen LogP contribution in [0.1, 0.15) is 0 Å². The van der Waals surface area contributed by atoms with Crippen molar-refractivity contribution in [3.63, 3.8) is 0 Å². The van der Waals surface area contributed by atoms with Crippen LogP contribution in [0.3, 0.4) is 0 Å². The summed E-state index contributed by atoms with van der Waals surface area (Å²) in [5, 5.41) is 0. The molecule has 0 aliphatic rings. The molecule has 1 radical (unpaired) electrons. The third-order valence-electron chi connectivity index (χ3n) is 1.23. The van der Waals surface area contributed by atoms with Crippen LogP contribution in [-0.2, 0) is 8.92 Å². The van der Waals surface area contributed by atoms with E-state index in [-0.39, 0.29) is 0 Å². The molecule has 0 spiro atoms. The van der Waals surface area contributed by atoms with Gasteiger partial charge in [0.2, 0.25) is 6.56 Å². The average Bonchev–Trinajstić information content (AvgIpc) is 1.89. The molecule has 4 heteroatoms. The zero-order chi connectivity index (χ0) is 7.33. The second kappa shape index (κ2) is 4.20. The van der Waals surface area contributed by atoms with E-state index in [0.717, 1.165) is 0 Å². The first-order chi connectivity index (χ1) is 4.18. The first kappa shape index (κ1) is 9.33. The van der Waals surface area contributed by atoms with Crippen LogP contribution < -0.4 is 0 Å². The van der Waals surface area contributed by atoms with E-state index in [9.17, 15) is 0 Å². The van der Waals surface area contributed by atoms with Crippen LogP contribution in [0, 0.1) is 0 Å². The third-order valence-corrected chi connectivity index (χ3v) is 3.69. The van der Waals surface area contributed by atoms with Crippen molar-refractivity contribution in [3.05, 3.63) is 0 Å². The summed E-state index contributed by atoms with van der Waals surface area (Å²) in [6.07, 6.45) is 2.07. The maximum atomic E-state index is 5.23. The Morgan fingerprint density at radius 3 is 2.11 bits per heavy atom. The molecule has 0 saturated carbocycles. The molecule has 9 heavy (non-hydrogen) atoms. The SMILES string of the molecule is C[B]S(C)(COC)OC. The highest BCUT2D eigenvalue weighted by Crippen LogP contribution is 2.41. The Balaban J connectivity index is 3.62. The highest BCUT2D eigenvalue weighted by Gasteiger charge is 2.14. The second-order valence-corrected chi connectivity index (χ2v) is 5.06. The van der Waals surface area contributed by atoms with Crippen molar-refractivity contribution in [2.45, 2.75) is 6.82 Å². The van der Waals surface area contributed by atoms with Crippen LogP contribution in [0.5, 0.6) is 0 Å². The van der Waals surface area contributed by atoms with Gasteiger partial charge >= 0.3 is 0 Å². The van der Waals surface area contributed by atoms with Gasteiger partial charge in [0.15, 0.2) is 0 Å². The molecule has 0 heterocycles. The van der Waals surface area contributed by atoms with E-state index in [1.807, 2.05) is 6.82 Å². The molecule has 0 amide bonds. The summed E-state index contributed by atoms with van der Waals surface area (Å²) in [5.74, 6) is 0.694. The number of rotatable bonds is 4. The molecular formula is C5H14BO2S. The molecule has 0 bridgehead atoms. The number of hydrogen-bond donors (Lipinski definition) is 0. The molecule has 0 aromatic rings. The van der Waals surface area contributed by atoms with Gasteiger partial charge in [-0.2, -0.15) is 10.2 Å². The minimum absolute atomic E-state index is 0.694. The lowest BCUT2D eigenvalue weighted by atomic mass is 10.2. The molecule has 1 atom stereocenters. The van der Waals surface area contributed by atoms with Crippen molar-refractivity contribution in [1.82, 2.24) is 0 Å². The van der Waals surface area contributed by atoms with Crippen LogP contribution in [0.15, 0.2) is 0 Å². The van der Waals surface area contributed by atoms with Gasteiger partial charge < -0.3 is 8.92 Å². The Labute approximate surface area is 59.6 Å². The van der Waals surface area contributed by atoms with Crippen molar-refractivity contribution in [2.75, 3.05) is 26.4 Å². The van der Waals surface area contributed by atoms with Crippen LogP contribution >= 0.6 is 10.2 Å². The summed E-state index contributed by atoms with van der Waals surface area (Å²) in [5.41, 5.74) is 0. The summed E-state index contributed by atoms with van der Waals surface area (Å²) < 4.78 is 10.2. The molecule has 2 nitrogen and oxygen atoms in total. The van der Waals surface area contributed by atoms with Gasteiger partial charge in [-0.25, -0.2) is 0 Å². The second-order valence-electron chi connectivity index (χ2n) is 1.88. The van der Waals surface area contributed by atoms with Gasteiger partial charge in [-0.3, -0.25) is 0 Å². The fourth-order valence-corrected chi connectivity index (χ4v) is 1.34. The van der Waals surface area contributed by atoms with Gasteiger partial charge in [0.1, 0.15) is 0 Å². The highest BCUT2D eigenvalue weighted by molar-refractivity contribution is 8.48. The molecule has 0 saturated heterocycles. The highest BCUT2D eigenvalue weighted by atomic mass is 32.3. The predicted octanol–water partition coefficient (Wildman–Crippen LogP) is 1.25. The van der Waals surface area contributed by atoms with E-state index < -0.39 is 10.2 Å². The standard InChI is InChI=1S/C5H14BO2S/c1-6-9(4,8-3)5-7-2/h5H2,1-4H3. The molecule has 0 aromatic heterocycles. The number of methoxy groups -OCH3 is 1. The van der Waals surface area contributed by atoms with Crippen molar-refractivity contribution in [1.29, 1.82) is 0 Å². The molecule has 1 unspecified atom stereocenters. The molecule has 0 aliphatic heterocycles. The zero-order valence-corrected chi connectivity index (χ0v) is 7.33. The van der Waals surface area contributed by atoms with Crippen molar-refractivity contribution in [3.8, 4) is 0 Å². The van der Waals surface area contributed by atoms with Crippen LogP contribution in [0.2, 0.25) is 6.82 Å². The summed E-state index contributed by atoms with van der Waals surface area (Å²) in [6.45, 7) is 4.06. The summed E-state index contributed by atoms with van der Waals surface area (Å²) >= 11 is 0. The van der Waals surface area contributed by atoms with Gasteiger partial charge in [-0.1, -0.05) is 6.82 Å². The topological polar surface area (TPSA) is 18.5 Å². The van der Waals surface area contributed by atoms with Gasteiger partial charge in [-0.15, -0.1) is 0 Å². The number of hydrogen-bond acceptors (Lipinski definition) is 2. The Hall–Kier alpha value is 0.335. The van der Waals surface area contributed by atoms with Crippen LogP contribution in [0.25, 0.3) is 0 Å². The maximum absolute atomic E-state index is 5.23. The Bertz CT molecular complexity index is 75.4. The van der Waals surface area contributed by atoms with E-state index in [1.165, 1.54) is 0 Å². The monoisotopic (exact) mass is 149 g/mol. The maximum Gasteiger partial charge on any atom is 0.202 e. The lowest BCUT2D eigenvalue weighted by Crippen LogP contribution is -2.11. The first-order valence-electron chi connectivity index (χ1n) is 2.78. The van der Waals surface area contributed by atoms with Gasteiger partial charge in [0.25, 0.3) is 0 Å². The van der Waals surface area contributed by atoms with Crippen LogP contribution in [0.4, 0.5) is 0 Å². The fraction of sp³-hybridized carbons (Fsp3) is 1.00. The molecule has 0 fully saturated rings. The average molecular weight is 149 g/mol. The minimum atomic E-state index is -1.01. The smallest absolute Gasteiger partial charge is 0.202 e. The van der Waals surface area contributed by atoms with Crippen molar-refractivity contribution >= 4 is 16.7 Å². The molecule has 0 rings (SSSR count). The van der Waals surface area contributed by atoms with E-state index in [2.05, 4.69) is 12.8 Å². The zero-order valence-electron chi connectivity index (χ0n) is 6.51. The van der Waals surface area contributed by atoms with Gasteiger partial charge in [0.05, 0.1) is 5.94 Å². The largest absolute Gasteiger partial charge is 0.374 e. The summed E-state index contributed by atoms with van der Waals surface area (Å²) in [6, 6.07) is 0. The van der Waals surface area contributed by atoms with Crippen molar-refractivity contribution in [2.24, 2.45) is 0 Å². The lowest BCUT2D eigenvalue weighted by molar-refractivity contribution is 0.248. The number of ether oxygens (including phenoxy) is 1. The summed E-state index contributed by atoms with van der Waals surface area (Å²) in [4.78, 5) is 0. The quantitative estimate of drug-likeness (QED) is 0.560. The van der Waals surface area contributed by atoms with E-state index >= 15 is 0 Å². The Morgan fingerprint density at radius 1 is 1.44 bits per heavy atom. The van der Waals surface area contributed by atoms with E-state index in [1.54, 1.807) is 14.2 Å². The predicted molar refractivity (Wildman–Crippen MR) is 44.0 cm³/mol. The molecular weight excluding hydrogens is 135 g/mol. The van der Waals surface area contributed by atoms with Gasteiger partial charge in [-0.05, 0) is 6.26 Å². The minimum Gasteiger partial charge on any atom is -0.374 e. The summed E-state index contributed by atoms with van der Waals surface area (Å²) in [7, 11) is 2.39.